The Bertz CT molecular complexity index is 442. The van der Waals surface area contributed by atoms with E-state index in [1.807, 2.05) is 6.92 Å². The van der Waals surface area contributed by atoms with Crippen LogP contribution in [0.3, 0.4) is 0 Å². The van der Waals surface area contributed by atoms with Crippen LogP contribution in [-0.4, -0.2) is 28.7 Å². The Morgan fingerprint density at radius 2 is 2.25 bits per heavy atom. The average molecular weight is 284 g/mol. The molecule has 16 heavy (non-hydrogen) atoms. The van der Waals surface area contributed by atoms with Crippen LogP contribution in [0.4, 0.5) is 0 Å². The average Bonchev–Trinajstić information content (AvgIpc) is 2.60. The van der Waals surface area contributed by atoms with Crippen LogP contribution in [-0.2, 0) is 20.6 Å². The van der Waals surface area contributed by atoms with Gasteiger partial charge in [-0.15, -0.1) is 22.9 Å². The lowest BCUT2D eigenvalue weighted by molar-refractivity contribution is 0.204. The zero-order valence-corrected chi connectivity index (χ0v) is 11.5. The van der Waals surface area contributed by atoms with Crippen molar-refractivity contribution in [2.45, 2.75) is 17.0 Å². The fourth-order valence-corrected chi connectivity index (χ4v) is 3.97. The lowest BCUT2D eigenvalue weighted by Gasteiger charge is -2.02. The Morgan fingerprint density at radius 3 is 2.75 bits per heavy atom. The van der Waals surface area contributed by atoms with Gasteiger partial charge < -0.3 is 4.74 Å². The summed E-state index contributed by atoms with van der Waals surface area (Å²) in [5.41, 5.74) is 0.909. The highest BCUT2D eigenvalue weighted by Crippen LogP contribution is 2.26. The lowest BCUT2D eigenvalue weighted by Crippen LogP contribution is -2.26. The van der Waals surface area contributed by atoms with Crippen LogP contribution < -0.4 is 4.72 Å². The Balaban J connectivity index is 2.81. The molecule has 0 unspecified atom stereocenters. The van der Waals surface area contributed by atoms with Crippen molar-refractivity contribution in [3.8, 4) is 0 Å². The molecule has 1 rings (SSSR count). The molecule has 0 aromatic carbocycles. The van der Waals surface area contributed by atoms with Gasteiger partial charge in [0, 0.05) is 18.5 Å². The van der Waals surface area contributed by atoms with Gasteiger partial charge in [-0.1, -0.05) is 0 Å². The second kappa shape index (κ2) is 5.97. The summed E-state index contributed by atoms with van der Waals surface area (Å²) in [5, 5.41) is 0. The van der Waals surface area contributed by atoms with Gasteiger partial charge in [-0.05, 0) is 18.6 Å². The summed E-state index contributed by atoms with van der Waals surface area (Å²) in [6.07, 6.45) is 0. The Kier molecular flexibility index (Phi) is 5.20. The first-order valence-electron chi connectivity index (χ1n) is 4.65. The minimum absolute atomic E-state index is 0.270. The van der Waals surface area contributed by atoms with Gasteiger partial charge in [0.25, 0.3) is 0 Å². The smallest absolute Gasteiger partial charge is 0.250 e. The zero-order chi connectivity index (χ0) is 12.2. The molecule has 1 heterocycles. The van der Waals surface area contributed by atoms with Crippen molar-refractivity contribution in [1.29, 1.82) is 0 Å². The molecule has 0 saturated heterocycles. The molecule has 1 aromatic heterocycles. The number of aryl methyl sites for hydroxylation is 1. The molecular formula is C9H14ClNO3S2. The van der Waals surface area contributed by atoms with Crippen LogP contribution in [0.2, 0.25) is 0 Å². The van der Waals surface area contributed by atoms with Crippen LogP contribution in [0, 0.1) is 6.92 Å². The molecule has 7 heteroatoms. The maximum atomic E-state index is 11.8. The molecule has 0 aliphatic carbocycles. The number of nitrogens with one attached hydrogen (secondary N) is 1. The predicted molar refractivity (Wildman–Crippen MR) is 65.7 cm³/mol. The standard InChI is InChI=1S/C9H14ClNO3S2/c1-7-5-9(15-8(7)6-10)16(12,13)11-3-4-14-2/h5,11H,3-4,6H2,1-2H3. The molecule has 0 radical (unpaired) electrons. The maximum Gasteiger partial charge on any atom is 0.250 e. The van der Waals surface area contributed by atoms with Crippen molar-refractivity contribution >= 4 is 33.0 Å². The van der Waals surface area contributed by atoms with E-state index < -0.39 is 10.0 Å². The van der Waals surface area contributed by atoms with Crippen LogP contribution in [0.15, 0.2) is 10.3 Å². The number of hydrogen-bond donors (Lipinski definition) is 1. The van der Waals surface area contributed by atoms with E-state index in [4.69, 9.17) is 16.3 Å². The molecule has 0 aliphatic rings. The summed E-state index contributed by atoms with van der Waals surface area (Å²) < 4.78 is 31.1. The van der Waals surface area contributed by atoms with Crippen molar-refractivity contribution in [3.63, 3.8) is 0 Å². The minimum Gasteiger partial charge on any atom is -0.383 e. The first-order valence-corrected chi connectivity index (χ1v) is 7.48. The Morgan fingerprint density at radius 1 is 1.56 bits per heavy atom. The summed E-state index contributed by atoms with van der Waals surface area (Å²) in [6.45, 7) is 2.47. The van der Waals surface area contributed by atoms with Crippen molar-refractivity contribution in [2.24, 2.45) is 0 Å². The van der Waals surface area contributed by atoms with Crippen LogP contribution >= 0.6 is 22.9 Å². The fraction of sp³-hybridized carbons (Fsp3) is 0.556. The number of halogens is 1. The van der Waals surface area contributed by atoms with Crippen LogP contribution in [0.25, 0.3) is 0 Å². The van der Waals surface area contributed by atoms with Gasteiger partial charge in [-0.25, -0.2) is 13.1 Å². The minimum atomic E-state index is -3.41. The molecule has 0 fully saturated rings. The highest BCUT2D eigenvalue weighted by molar-refractivity contribution is 7.91. The number of sulfonamides is 1. The van der Waals surface area contributed by atoms with E-state index in [2.05, 4.69) is 4.72 Å². The molecule has 1 aromatic rings. The highest BCUT2D eigenvalue weighted by atomic mass is 35.5. The molecule has 92 valence electrons. The Hall–Kier alpha value is -0.140. The second-order valence-corrected chi connectivity index (χ2v) is 6.59. The van der Waals surface area contributed by atoms with E-state index in [0.29, 0.717) is 16.7 Å². The number of thiophene rings is 1. The molecule has 0 amide bonds. The molecule has 0 atom stereocenters. The first-order chi connectivity index (χ1) is 7.51. The molecular weight excluding hydrogens is 270 g/mol. The van der Waals surface area contributed by atoms with E-state index >= 15 is 0 Å². The first kappa shape index (κ1) is 13.9. The second-order valence-electron chi connectivity index (χ2n) is 3.20. The zero-order valence-electron chi connectivity index (χ0n) is 9.12. The summed E-state index contributed by atoms with van der Waals surface area (Å²) in [5.74, 6) is 0.337. The van der Waals surface area contributed by atoms with Gasteiger partial charge in [0.2, 0.25) is 10.0 Å². The number of hydrogen-bond acceptors (Lipinski definition) is 4. The van der Waals surface area contributed by atoms with Gasteiger partial charge in [-0.3, -0.25) is 0 Å². The van der Waals surface area contributed by atoms with Gasteiger partial charge in [0.1, 0.15) is 4.21 Å². The lowest BCUT2D eigenvalue weighted by atomic mass is 10.3. The summed E-state index contributed by atoms with van der Waals surface area (Å²) in [6, 6.07) is 1.64. The monoisotopic (exact) mass is 283 g/mol. The summed E-state index contributed by atoms with van der Waals surface area (Å²) in [7, 11) is -1.89. The summed E-state index contributed by atoms with van der Waals surface area (Å²) in [4.78, 5) is 0.883. The molecule has 1 N–H and O–H groups in total. The van der Waals surface area contributed by atoms with Gasteiger partial charge >= 0.3 is 0 Å². The normalized spacial score (nSPS) is 11.9. The van der Waals surface area contributed by atoms with Gasteiger partial charge in [0.15, 0.2) is 0 Å². The third-order valence-electron chi connectivity index (χ3n) is 1.98. The highest BCUT2D eigenvalue weighted by Gasteiger charge is 2.17. The third-order valence-corrected chi connectivity index (χ3v) is 5.58. The van der Waals surface area contributed by atoms with Gasteiger partial charge in [0.05, 0.1) is 12.5 Å². The van der Waals surface area contributed by atoms with Crippen LogP contribution in [0.5, 0.6) is 0 Å². The molecule has 0 bridgehead atoms. The largest absolute Gasteiger partial charge is 0.383 e. The topological polar surface area (TPSA) is 55.4 Å². The molecule has 0 saturated carbocycles. The Labute approximate surface area is 105 Å². The van der Waals surface area contributed by atoms with Crippen LogP contribution in [0.1, 0.15) is 10.4 Å². The quantitative estimate of drug-likeness (QED) is 0.639. The third kappa shape index (κ3) is 3.43. The van der Waals surface area contributed by atoms with E-state index in [9.17, 15) is 8.42 Å². The molecule has 0 aliphatic heterocycles. The van der Waals surface area contributed by atoms with Crippen molar-refractivity contribution in [2.75, 3.05) is 20.3 Å². The molecule has 0 spiro atoms. The maximum absolute atomic E-state index is 11.8. The fourth-order valence-electron chi connectivity index (χ4n) is 1.10. The molecule has 4 nitrogen and oxygen atoms in total. The number of alkyl halides is 1. The van der Waals surface area contributed by atoms with E-state index in [0.717, 1.165) is 10.4 Å². The van der Waals surface area contributed by atoms with Gasteiger partial charge in [-0.2, -0.15) is 0 Å². The van der Waals surface area contributed by atoms with Crippen molar-refractivity contribution < 1.29 is 13.2 Å². The van der Waals surface area contributed by atoms with E-state index in [1.165, 1.54) is 18.4 Å². The van der Waals surface area contributed by atoms with E-state index in [-0.39, 0.29) is 6.54 Å². The number of methoxy groups -OCH3 is 1. The van der Waals surface area contributed by atoms with Crippen molar-refractivity contribution in [1.82, 2.24) is 4.72 Å². The van der Waals surface area contributed by atoms with Crippen molar-refractivity contribution in [3.05, 3.63) is 16.5 Å². The number of ether oxygens (including phenoxy) is 1. The predicted octanol–water partition coefficient (Wildman–Crippen LogP) is 1.72. The SMILES string of the molecule is COCCNS(=O)(=O)c1cc(C)c(CCl)s1. The number of rotatable bonds is 6. The van der Waals surface area contributed by atoms with E-state index in [1.54, 1.807) is 6.07 Å². The summed E-state index contributed by atoms with van der Waals surface area (Å²) >= 11 is 6.90.